The summed E-state index contributed by atoms with van der Waals surface area (Å²) < 4.78 is 15.5. The zero-order valence-electron chi connectivity index (χ0n) is 15.0. The van der Waals surface area contributed by atoms with Crippen molar-refractivity contribution in [1.82, 2.24) is 0 Å². The van der Waals surface area contributed by atoms with Gasteiger partial charge in [-0.1, -0.05) is 17.7 Å². The molecule has 3 aromatic rings. The van der Waals surface area contributed by atoms with E-state index in [1.54, 1.807) is 24.3 Å². The first-order valence-electron chi connectivity index (χ1n) is 8.21. The Morgan fingerprint density at radius 3 is 2.69 bits per heavy atom. The number of furan rings is 1. The molecule has 1 heterocycles. The molecule has 0 saturated carbocycles. The summed E-state index contributed by atoms with van der Waals surface area (Å²) >= 11 is 6.02. The lowest BCUT2D eigenvalue weighted by Crippen LogP contribution is -2.22. The number of anilines is 1. The first-order valence-corrected chi connectivity index (χ1v) is 8.59. The van der Waals surface area contributed by atoms with E-state index in [0.717, 1.165) is 0 Å². The van der Waals surface area contributed by atoms with E-state index in [4.69, 9.17) is 25.5 Å². The molecular formula is C20H14ClN2O6-. The molecule has 8 nitrogen and oxygen atoms in total. The highest BCUT2D eigenvalue weighted by Gasteiger charge is 2.14. The average molecular weight is 414 g/mol. The molecule has 1 aromatic heterocycles. The van der Waals surface area contributed by atoms with Crippen LogP contribution in [0, 0.1) is 0 Å². The molecule has 9 heteroatoms. The van der Waals surface area contributed by atoms with Gasteiger partial charge in [-0.05, 0) is 53.6 Å². The van der Waals surface area contributed by atoms with Gasteiger partial charge in [0.05, 0.1) is 36.3 Å². The van der Waals surface area contributed by atoms with Crippen molar-refractivity contribution in [2.75, 3.05) is 12.5 Å². The Balaban J connectivity index is 1.72. The number of methoxy groups -OCH3 is 1. The van der Waals surface area contributed by atoms with Crippen molar-refractivity contribution < 1.29 is 28.6 Å². The number of carboxylic acid groups (broad SMARTS) is 1. The minimum absolute atomic E-state index is 0.0310. The third-order valence-corrected chi connectivity index (χ3v) is 4.04. The summed E-state index contributed by atoms with van der Waals surface area (Å²) in [5.74, 6) is -1.39. The van der Waals surface area contributed by atoms with Gasteiger partial charge in [0.15, 0.2) is 11.5 Å². The fraction of sp³-hybridized carbons (Fsp3) is 0.0500. The molecule has 0 atom stereocenters. The van der Waals surface area contributed by atoms with Crippen LogP contribution in [0.25, 0.3) is 0 Å². The van der Waals surface area contributed by atoms with Crippen LogP contribution in [-0.2, 0) is 0 Å². The maximum Gasteiger partial charge on any atom is 0.379 e. The Bertz CT molecular complexity index is 1060. The van der Waals surface area contributed by atoms with E-state index in [0.29, 0.717) is 22.0 Å². The number of benzene rings is 2. The molecule has 148 valence electrons. The van der Waals surface area contributed by atoms with Crippen molar-refractivity contribution in [1.29, 1.82) is 0 Å². The van der Waals surface area contributed by atoms with Gasteiger partial charge in [0.1, 0.15) is 0 Å². The molecule has 2 aromatic carbocycles. The van der Waals surface area contributed by atoms with Crippen molar-refractivity contribution in [3.05, 3.63) is 76.7 Å². The fourth-order valence-corrected chi connectivity index (χ4v) is 2.47. The minimum Gasteiger partial charge on any atom is -0.545 e. The Morgan fingerprint density at radius 2 is 2.00 bits per heavy atom. The van der Waals surface area contributed by atoms with Crippen molar-refractivity contribution in [3.63, 3.8) is 0 Å². The van der Waals surface area contributed by atoms with Crippen LogP contribution >= 0.6 is 11.6 Å². The lowest BCUT2D eigenvalue weighted by molar-refractivity contribution is -0.255. The van der Waals surface area contributed by atoms with Gasteiger partial charge < -0.3 is 23.8 Å². The van der Waals surface area contributed by atoms with Gasteiger partial charge in [0.2, 0.25) is 5.76 Å². The largest absolute Gasteiger partial charge is 0.545 e. The predicted molar refractivity (Wildman–Crippen MR) is 104 cm³/mol. The second kappa shape index (κ2) is 8.94. The molecule has 3 rings (SSSR count). The Kier molecular flexibility index (Phi) is 6.16. The highest BCUT2D eigenvalue weighted by Crippen LogP contribution is 2.28. The Labute approximate surface area is 170 Å². The number of nitrogens with one attached hydrogen (secondary N) is 1. The van der Waals surface area contributed by atoms with Gasteiger partial charge in [0, 0.05) is 0 Å². The van der Waals surface area contributed by atoms with E-state index in [1.165, 1.54) is 43.9 Å². The van der Waals surface area contributed by atoms with Crippen LogP contribution in [-0.4, -0.2) is 25.3 Å². The molecule has 0 radical (unpaired) electrons. The van der Waals surface area contributed by atoms with E-state index < -0.39 is 11.9 Å². The number of rotatable bonds is 7. The van der Waals surface area contributed by atoms with Gasteiger partial charge in [-0.15, -0.1) is 0 Å². The average Bonchev–Trinajstić information content (AvgIpc) is 3.25. The van der Waals surface area contributed by atoms with E-state index in [-0.39, 0.29) is 17.1 Å². The number of hydrazone groups is 1. The fourth-order valence-electron chi connectivity index (χ4n) is 2.31. The number of carboxylic acids is 1. The molecule has 0 amide bonds. The van der Waals surface area contributed by atoms with Crippen LogP contribution in [0.15, 0.2) is 64.3 Å². The molecule has 0 fully saturated rings. The second-order valence-electron chi connectivity index (χ2n) is 5.63. The molecule has 0 bridgehead atoms. The first kappa shape index (κ1) is 20.0. The van der Waals surface area contributed by atoms with Gasteiger partial charge in [-0.25, -0.2) is 4.79 Å². The molecule has 29 heavy (non-hydrogen) atoms. The third-order valence-electron chi connectivity index (χ3n) is 3.71. The van der Waals surface area contributed by atoms with Gasteiger partial charge in [-0.3, -0.25) is 5.43 Å². The van der Waals surface area contributed by atoms with Crippen LogP contribution in [0.4, 0.5) is 5.69 Å². The topological polar surface area (TPSA) is 113 Å². The van der Waals surface area contributed by atoms with E-state index >= 15 is 0 Å². The SMILES string of the molecule is COc1cc(/C=N\Nc2cc(C(=O)[O-])ccc2Cl)ccc1OC(=O)c1ccco1. The number of nitrogens with zero attached hydrogens (tertiary/aromatic N) is 1. The van der Waals surface area contributed by atoms with Crippen LogP contribution in [0.2, 0.25) is 5.02 Å². The van der Waals surface area contributed by atoms with Gasteiger partial charge in [-0.2, -0.15) is 5.10 Å². The molecule has 0 aliphatic carbocycles. The summed E-state index contributed by atoms with van der Waals surface area (Å²) in [7, 11) is 1.43. The number of hydrogen-bond acceptors (Lipinski definition) is 8. The van der Waals surface area contributed by atoms with Crippen LogP contribution < -0.4 is 20.0 Å². The normalized spacial score (nSPS) is 10.7. The highest BCUT2D eigenvalue weighted by molar-refractivity contribution is 6.33. The van der Waals surface area contributed by atoms with Crippen molar-refractivity contribution >= 4 is 35.4 Å². The second-order valence-corrected chi connectivity index (χ2v) is 6.04. The van der Waals surface area contributed by atoms with Crippen molar-refractivity contribution in [2.45, 2.75) is 0 Å². The molecule has 0 aliphatic rings. The molecule has 0 saturated heterocycles. The van der Waals surface area contributed by atoms with Crippen molar-refractivity contribution in [2.24, 2.45) is 5.10 Å². The maximum absolute atomic E-state index is 12.0. The van der Waals surface area contributed by atoms with Crippen molar-refractivity contribution in [3.8, 4) is 11.5 Å². The lowest BCUT2D eigenvalue weighted by Gasteiger charge is -2.09. The number of aromatic carboxylic acids is 1. The smallest absolute Gasteiger partial charge is 0.379 e. The van der Waals surface area contributed by atoms with E-state index in [1.807, 2.05) is 0 Å². The van der Waals surface area contributed by atoms with E-state index in [2.05, 4.69) is 10.5 Å². The summed E-state index contributed by atoms with van der Waals surface area (Å²) in [4.78, 5) is 22.9. The monoisotopic (exact) mass is 413 g/mol. The zero-order valence-corrected chi connectivity index (χ0v) is 15.8. The van der Waals surface area contributed by atoms with Crippen LogP contribution in [0.3, 0.4) is 0 Å². The highest BCUT2D eigenvalue weighted by atomic mass is 35.5. The summed E-state index contributed by atoms with van der Waals surface area (Å²) in [5, 5.41) is 15.3. The standard InChI is InChI=1S/C20H15ClN2O6/c1-27-18-9-12(4-7-16(18)29-20(26)17-3-2-8-28-17)11-22-23-15-10-13(19(24)25)5-6-14(15)21/h2-11,23H,1H3,(H,24,25)/p-1/b22-11-. The summed E-state index contributed by atoms with van der Waals surface area (Å²) in [6, 6.07) is 11.9. The Hall–Kier alpha value is -3.78. The predicted octanol–water partition coefficient (Wildman–Crippen LogP) is 2.97. The number of ether oxygens (including phenoxy) is 2. The van der Waals surface area contributed by atoms with Crippen LogP contribution in [0.1, 0.15) is 26.5 Å². The number of halogens is 1. The third kappa shape index (κ3) is 4.94. The van der Waals surface area contributed by atoms with Gasteiger partial charge >= 0.3 is 5.97 Å². The number of esters is 1. The van der Waals surface area contributed by atoms with E-state index in [9.17, 15) is 14.7 Å². The Morgan fingerprint density at radius 1 is 1.17 bits per heavy atom. The molecule has 1 N–H and O–H groups in total. The minimum atomic E-state index is -1.32. The summed E-state index contributed by atoms with van der Waals surface area (Å²) in [6.45, 7) is 0. The zero-order chi connectivity index (χ0) is 20.8. The lowest BCUT2D eigenvalue weighted by atomic mass is 10.2. The number of hydrogen-bond donors (Lipinski definition) is 1. The first-order chi connectivity index (χ1) is 14.0. The quantitative estimate of drug-likeness (QED) is 0.274. The van der Waals surface area contributed by atoms with Gasteiger partial charge in [0.25, 0.3) is 0 Å². The molecular weight excluding hydrogens is 400 g/mol. The molecule has 0 unspecified atom stereocenters. The molecule has 0 spiro atoms. The summed E-state index contributed by atoms with van der Waals surface area (Å²) in [6.07, 6.45) is 2.83. The number of carbonyl (C=O) groups is 2. The summed E-state index contributed by atoms with van der Waals surface area (Å²) in [5.41, 5.74) is 3.57. The van der Waals surface area contributed by atoms with Crippen LogP contribution in [0.5, 0.6) is 11.5 Å². The maximum atomic E-state index is 12.0. The number of carbonyl (C=O) groups excluding carboxylic acids is 2. The molecule has 0 aliphatic heterocycles.